The Morgan fingerprint density at radius 3 is 2.58 bits per heavy atom. The van der Waals surface area contributed by atoms with Crippen LogP contribution >= 0.6 is 0 Å². The van der Waals surface area contributed by atoms with Gasteiger partial charge in [-0.1, -0.05) is 12.1 Å². The minimum Gasteiger partial charge on any atom is -0.436 e. The molecule has 3 heterocycles. The fourth-order valence-electron chi connectivity index (χ4n) is 5.14. The average Bonchev–Trinajstić information content (AvgIpc) is 3.64. The molecule has 1 aliphatic heterocycles. The topological polar surface area (TPSA) is 130 Å². The molecule has 2 aliphatic rings. The molecular weight excluding hydrogens is 587 g/mol. The number of para-hydroxylation sites is 1. The van der Waals surface area contributed by atoms with Crippen LogP contribution < -0.4 is 19.5 Å². The summed E-state index contributed by atoms with van der Waals surface area (Å²) in [5.41, 5.74) is 8.91. The second kappa shape index (κ2) is 10.8. The summed E-state index contributed by atoms with van der Waals surface area (Å²) in [5, 5.41) is 4.27. The molecule has 10 nitrogen and oxygen atoms in total. The number of nitrogens with two attached hydrogens (primary N) is 1. The van der Waals surface area contributed by atoms with Gasteiger partial charge in [-0.2, -0.15) is 13.9 Å². The van der Waals surface area contributed by atoms with Gasteiger partial charge in [0.15, 0.2) is 23.1 Å². The molecule has 4 aromatic rings. The molecule has 0 spiro atoms. The number of aromatic nitrogens is 3. The highest BCUT2D eigenvalue weighted by molar-refractivity contribution is 7.93. The molecule has 222 valence electrons. The van der Waals surface area contributed by atoms with E-state index in [-0.39, 0.29) is 53.2 Å². The van der Waals surface area contributed by atoms with Crippen molar-refractivity contribution in [2.75, 3.05) is 22.3 Å². The lowest BCUT2D eigenvalue weighted by Gasteiger charge is -2.21. The zero-order valence-corrected chi connectivity index (χ0v) is 23.4. The van der Waals surface area contributed by atoms with E-state index in [1.165, 1.54) is 47.4 Å². The van der Waals surface area contributed by atoms with E-state index in [9.17, 15) is 26.4 Å². The number of Topliss-reactive ketones (excluding diaryl/α,β-unsaturated/α-hetero) is 1. The summed E-state index contributed by atoms with van der Waals surface area (Å²) in [6.45, 7) is -1.28. The zero-order valence-electron chi connectivity index (χ0n) is 22.6. The van der Waals surface area contributed by atoms with Gasteiger partial charge in [0.05, 0.1) is 35.1 Å². The summed E-state index contributed by atoms with van der Waals surface area (Å²) >= 11 is 0. The molecule has 43 heavy (non-hydrogen) atoms. The highest BCUT2D eigenvalue weighted by Gasteiger charge is 2.33. The summed E-state index contributed by atoms with van der Waals surface area (Å²) < 4.78 is 78.0. The molecule has 14 heteroatoms. The average molecular weight is 612 g/mol. The summed E-state index contributed by atoms with van der Waals surface area (Å²) in [6.07, 6.45) is 4.77. The third kappa shape index (κ3) is 5.29. The van der Waals surface area contributed by atoms with Crippen LogP contribution in [0.4, 0.5) is 24.7 Å². The number of benzene rings is 2. The Bertz CT molecular complexity index is 1910. The van der Waals surface area contributed by atoms with Gasteiger partial charge >= 0.3 is 6.61 Å². The van der Waals surface area contributed by atoms with Crippen molar-refractivity contribution in [1.82, 2.24) is 14.8 Å². The molecule has 1 fully saturated rings. The van der Waals surface area contributed by atoms with Crippen LogP contribution in [0.1, 0.15) is 33.5 Å². The van der Waals surface area contributed by atoms with E-state index in [4.69, 9.17) is 10.5 Å². The number of ether oxygens (including phenoxy) is 2. The molecule has 0 radical (unpaired) electrons. The molecule has 0 saturated carbocycles. The van der Waals surface area contributed by atoms with Crippen molar-refractivity contribution < 1.29 is 35.9 Å². The van der Waals surface area contributed by atoms with Gasteiger partial charge < -0.3 is 15.2 Å². The number of fused-ring (bicyclic) bond motifs is 1. The van der Waals surface area contributed by atoms with E-state index in [1.807, 2.05) is 0 Å². The van der Waals surface area contributed by atoms with Gasteiger partial charge in [0.25, 0.3) is 0 Å². The number of sulfonamides is 1. The molecule has 0 amide bonds. The summed E-state index contributed by atoms with van der Waals surface area (Å²) in [5.74, 6) is -1.15. The number of ketones is 1. The maximum Gasteiger partial charge on any atom is 0.387 e. The van der Waals surface area contributed by atoms with Gasteiger partial charge in [-0.25, -0.2) is 22.5 Å². The van der Waals surface area contributed by atoms with Crippen LogP contribution in [0.25, 0.3) is 11.8 Å². The Hall–Kier alpha value is -4.85. The van der Waals surface area contributed by atoms with Crippen LogP contribution in [0.5, 0.6) is 17.4 Å². The first kappa shape index (κ1) is 28.3. The third-order valence-corrected chi connectivity index (χ3v) is 9.05. The number of pyridine rings is 1. The number of alkyl halides is 2. The van der Waals surface area contributed by atoms with Crippen LogP contribution in [0.3, 0.4) is 0 Å². The quantitative estimate of drug-likeness (QED) is 0.274. The zero-order chi connectivity index (χ0) is 30.5. The van der Waals surface area contributed by atoms with Crippen LogP contribution in [0, 0.1) is 12.7 Å². The van der Waals surface area contributed by atoms with Gasteiger partial charge in [-0.3, -0.25) is 9.10 Å². The Kier molecular flexibility index (Phi) is 7.08. The lowest BCUT2D eigenvalue weighted by molar-refractivity contribution is -0.0494. The summed E-state index contributed by atoms with van der Waals surface area (Å²) in [7, 11) is -3.67. The number of carbonyl (C=O) groups is 1. The number of hydrogen-bond acceptors (Lipinski definition) is 8. The molecule has 1 saturated heterocycles. The monoisotopic (exact) mass is 611 g/mol. The van der Waals surface area contributed by atoms with Crippen molar-refractivity contribution >= 4 is 33.4 Å². The number of allylic oxidation sites excluding steroid dienone is 1. The van der Waals surface area contributed by atoms with Crippen LogP contribution in [0.2, 0.25) is 0 Å². The Morgan fingerprint density at radius 2 is 1.88 bits per heavy atom. The van der Waals surface area contributed by atoms with Crippen LogP contribution in [0.15, 0.2) is 60.4 Å². The highest BCUT2D eigenvalue weighted by atomic mass is 32.2. The van der Waals surface area contributed by atoms with Gasteiger partial charge in [-0.15, -0.1) is 0 Å². The predicted molar refractivity (Wildman–Crippen MR) is 152 cm³/mol. The summed E-state index contributed by atoms with van der Waals surface area (Å²) in [6, 6.07) is 10.3. The lowest BCUT2D eigenvalue weighted by Crippen LogP contribution is -2.26. The van der Waals surface area contributed by atoms with Crippen molar-refractivity contribution in [1.29, 1.82) is 0 Å². The molecule has 2 aromatic carbocycles. The van der Waals surface area contributed by atoms with Crippen LogP contribution in [-0.2, 0) is 16.4 Å². The van der Waals surface area contributed by atoms with Gasteiger partial charge in [0.1, 0.15) is 5.82 Å². The number of aryl methyl sites for hydroxylation is 1. The number of rotatable bonds is 8. The van der Waals surface area contributed by atoms with E-state index >= 15 is 0 Å². The molecular formula is C29H24F3N5O5S. The smallest absolute Gasteiger partial charge is 0.387 e. The molecule has 0 bridgehead atoms. The van der Waals surface area contributed by atoms with E-state index in [1.54, 1.807) is 25.1 Å². The molecule has 0 atom stereocenters. The standard InChI is InChI=1S/C29H24F3N5O5S/c1-16-9-26(41-24-6-3-2-5-21(24)30)34-15-23(16)37-28(33)20(14-35-37)27(38)19-10-17-12-22(36-7-4-8-43(36,39)40)25(42-29(31)32)13-18(17)11-19/h2-3,5-6,9,11-15,29H,4,7-8,10,33H2,1H3. The number of anilines is 2. The minimum absolute atomic E-state index is 0.0105. The summed E-state index contributed by atoms with van der Waals surface area (Å²) in [4.78, 5) is 17.7. The van der Waals surface area contributed by atoms with Crippen molar-refractivity contribution in [3.8, 4) is 23.1 Å². The fourth-order valence-corrected chi connectivity index (χ4v) is 6.70. The molecule has 1 aliphatic carbocycles. The van der Waals surface area contributed by atoms with Crippen molar-refractivity contribution in [2.45, 2.75) is 26.4 Å². The van der Waals surface area contributed by atoms with E-state index < -0.39 is 28.2 Å². The Labute approximate surface area is 244 Å². The maximum absolute atomic E-state index is 14.0. The van der Waals surface area contributed by atoms with Gasteiger partial charge in [0, 0.05) is 24.6 Å². The normalized spacial score (nSPS) is 15.5. The fraction of sp³-hybridized carbons (Fsp3) is 0.207. The number of halogens is 3. The van der Waals surface area contributed by atoms with Gasteiger partial charge in [0.2, 0.25) is 15.9 Å². The first-order valence-corrected chi connectivity index (χ1v) is 14.7. The van der Waals surface area contributed by atoms with Crippen molar-refractivity contribution in [2.24, 2.45) is 0 Å². The second-order valence-electron chi connectivity index (χ2n) is 10.0. The van der Waals surface area contributed by atoms with Crippen molar-refractivity contribution in [3.63, 3.8) is 0 Å². The highest BCUT2D eigenvalue weighted by Crippen LogP contribution is 2.41. The molecule has 2 aromatic heterocycles. The molecule has 0 unspecified atom stereocenters. The number of carbonyl (C=O) groups excluding carboxylic acids is 1. The minimum atomic E-state index is -3.67. The van der Waals surface area contributed by atoms with Crippen molar-refractivity contribution in [3.05, 3.63) is 88.5 Å². The van der Waals surface area contributed by atoms with E-state index in [0.717, 1.165) is 4.31 Å². The maximum atomic E-state index is 14.0. The molecule has 6 rings (SSSR count). The number of nitrogens with zero attached hydrogens (tertiary/aromatic N) is 4. The van der Waals surface area contributed by atoms with E-state index in [0.29, 0.717) is 34.4 Å². The molecule has 2 N–H and O–H groups in total. The van der Waals surface area contributed by atoms with Crippen LogP contribution in [-0.4, -0.2) is 47.9 Å². The predicted octanol–water partition coefficient (Wildman–Crippen LogP) is 5.05. The van der Waals surface area contributed by atoms with E-state index in [2.05, 4.69) is 14.8 Å². The SMILES string of the molecule is Cc1cc(Oc2ccccc2F)ncc1-n1ncc(C(=O)C2=Cc3cc(OC(F)F)c(N4CCCS4(=O)=O)cc3C2)c1N. The number of nitrogen functional groups attached to an aromatic ring is 1. The first-order valence-electron chi connectivity index (χ1n) is 13.1. The Morgan fingerprint density at radius 1 is 1.09 bits per heavy atom. The lowest BCUT2D eigenvalue weighted by atomic mass is 10.0. The van der Waals surface area contributed by atoms with Gasteiger partial charge in [-0.05, 0) is 60.4 Å². The Balaban J connectivity index is 1.26. The first-order chi connectivity index (χ1) is 20.5. The number of hydrogen-bond donors (Lipinski definition) is 1. The largest absolute Gasteiger partial charge is 0.436 e. The third-order valence-electron chi connectivity index (χ3n) is 7.20. The second-order valence-corrected chi connectivity index (χ2v) is 12.0.